The van der Waals surface area contributed by atoms with E-state index in [4.69, 9.17) is 4.42 Å². The van der Waals surface area contributed by atoms with Crippen LogP contribution < -0.4 is 0 Å². The Morgan fingerprint density at radius 1 is 1.33 bits per heavy atom. The van der Waals surface area contributed by atoms with E-state index in [-0.39, 0.29) is 11.7 Å². The highest BCUT2D eigenvalue weighted by atomic mass is 32.1. The van der Waals surface area contributed by atoms with Gasteiger partial charge in [-0.15, -0.1) is 21.5 Å². The molecular formula is C15H21N3O2S. The van der Waals surface area contributed by atoms with Crippen LogP contribution in [0.1, 0.15) is 54.0 Å². The van der Waals surface area contributed by atoms with E-state index in [1.165, 1.54) is 11.3 Å². The molecule has 2 rings (SSSR count). The van der Waals surface area contributed by atoms with Crippen LogP contribution in [0, 0.1) is 6.92 Å². The molecular weight excluding hydrogens is 286 g/mol. The number of allylic oxidation sites excluding steroid dienone is 2. The van der Waals surface area contributed by atoms with Gasteiger partial charge >= 0.3 is 0 Å². The maximum atomic E-state index is 11.9. The van der Waals surface area contributed by atoms with Gasteiger partial charge in [-0.05, 0) is 13.0 Å². The fraction of sp³-hybridized carbons (Fsp3) is 0.333. The first kappa shape index (κ1) is 18.9. The fourth-order valence-electron chi connectivity index (χ4n) is 1.18. The van der Waals surface area contributed by atoms with E-state index in [1.807, 2.05) is 34.6 Å². The van der Waals surface area contributed by atoms with Crippen LogP contribution in [-0.4, -0.2) is 21.0 Å². The molecule has 5 nitrogen and oxygen atoms in total. The number of aryl methyl sites for hydroxylation is 1. The Labute approximate surface area is 129 Å². The van der Waals surface area contributed by atoms with Gasteiger partial charge in [0, 0.05) is 4.88 Å². The van der Waals surface area contributed by atoms with Crippen molar-refractivity contribution in [3.8, 4) is 0 Å². The minimum Gasteiger partial charge on any atom is -0.421 e. The molecule has 0 unspecified atom stereocenters. The molecule has 2 heterocycles. The number of carbonyl (C=O) groups is 1. The fourth-order valence-corrected chi connectivity index (χ4v) is 2.01. The van der Waals surface area contributed by atoms with Crippen molar-refractivity contribution in [2.45, 2.75) is 34.6 Å². The molecule has 114 valence electrons. The molecule has 0 saturated carbocycles. The molecule has 2 aromatic heterocycles. The van der Waals surface area contributed by atoms with Gasteiger partial charge in [-0.1, -0.05) is 46.4 Å². The molecule has 2 aromatic rings. The molecule has 0 aliphatic carbocycles. The molecule has 0 N–H and O–H groups in total. The third kappa shape index (κ3) is 5.43. The van der Waals surface area contributed by atoms with Gasteiger partial charge in [0.25, 0.3) is 11.7 Å². The Balaban J connectivity index is 0.000000921. The summed E-state index contributed by atoms with van der Waals surface area (Å²) in [6, 6.07) is 0. The van der Waals surface area contributed by atoms with Gasteiger partial charge < -0.3 is 4.42 Å². The van der Waals surface area contributed by atoms with Crippen molar-refractivity contribution in [2.24, 2.45) is 0 Å². The topological polar surface area (TPSA) is 68.9 Å². The van der Waals surface area contributed by atoms with Gasteiger partial charge in [-0.25, -0.2) is 4.98 Å². The lowest BCUT2D eigenvalue weighted by Crippen LogP contribution is -2.01. The lowest BCUT2D eigenvalue weighted by atomic mass is 10.3. The van der Waals surface area contributed by atoms with E-state index in [2.05, 4.69) is 21.8 Å². The van der Waals surface area contributed by atoms with Crippen LogP contribution in [0.15, 0.2) is 29.5 Å². The van der Waals surface area contributed by atoms with E-state index in [9.17, 15) is 4.79 Å². The summed E-state index contributed by atoms with van der Waals surface area (Å²) in [5.41, 5.74) is 0.748. The maximum Gasteiger partial charge on any atom is 0.291 e. The van der Waals surface area contributed by atoms with Gasteiger partial charge in [-0.3, -0.25) is 4.79 Å². The Hall–Kier alpha value is -2.08. The zero-order valence-electron chi connectivity index (χ0n) is 13.1. The molecule has 0 aliphatic heterocycles. The maximum absolute atomic E-state index is 11.9. The lowest BCUT2D eigenvalue weighted by molar-refractivity contribution is 0.100. The van der Waals surface area contributed by atoms with E-state index < -0.39 is 0 Å². The monoisotopic (exact) mass is 307 g/mol. The molecule has 0 atom stereocenters. The van der Waals surface area contributed by atoms with E-state index in [0.29, 0.717) is 5.01 Å². The highest BCUT2D eigenvalue weighted by Gasteiger charge is 2.19. The zero-order valence-corrected chi connectivity index (χ0v) is 13.9. The van der Waals surface area contributed by atoms with E-state index >= 15 is 0 Å². The van der Waals surface area contributed by atoms with Crippen LogP contribution in [0.4, 0.5) is 0 Å². The minimum atomic E-state index is -0.353. The third-order valence-corrected chi connectivity index (χ3v) is 2.96. The van der Waals surface area contributed by atoms with Gasteiger partial charge in [0.2, 0.25) is 6.39 Å². The summed E-state index contributed by atoms with van der Waals surface area (Å²) in [7, 11) is 0. The first-order valence-corrected chi connectivity index (χ1v) is 7.61. The van der Waals surface area contributed by atoms with Crippen LogP contribution in [-0.2, 0) is 0 Å². The number of aromatic nitrogens is 3. The Bertz CT molecular complexity index is 572. The van der Waals surface area contributed by atoms with Crippen LogP contribution >= 0.6 is 11.3 Å². The highest BCUT2D eigenvalue weighted by molar-refractivity contribution is 7.13. The van der Waals surface area contributed by atoms with Crippen LogP contribution in [0.5, 0.6) is 0 Å². The second kappa shape index (κ2) is 10.7. The van der Waals surface area contributed by atoms with Crippen LogP contribution in [0.3, 0.4) is 0 Å². The molecule has 0 spiro atoms. The van der Waals surface area contributed by atoms with Gasteiger partial charge in [-0.2, -0.15) is 0 Å². The van der Waals surface area contributed by atoms with Crippen molar-refractivity contribution in [2.75, 3.05) is 0 Å². The van der Waals surface area contributed by atoms with Crippen molar-refractivity contribution in [3.63, 3.8) is 0 Å². The van der Waals surface area contributed by atoms with E-state index in [1.54, 1.807) is 18.2 Å². The summed E-state index contributed by atoms with van der Waals surface area (Å²) in [4.78, 5) is 17.0. The standard InChI is InChI=1S/C11H9N3O2S.2C2H6/c1-3-4-5-8-7(2)17-11(13-8)9(15)10-14-12-6-16-10;2*1-2/h3-6H,1H2,2H3;2*1-2H3/b5-4-;;. The quantitative estimate of drug-likeness (QED) is 0.621. The average molecular weight is 307 g/mol. The van der Waals surface area contributed by atoms with Crippen molar-refractivity contribution in [1.29, 1.82) is 0 Å². The molecule has 0 bridgehead atoms. The molecule has 0 aromatic carbocycles. The largest absolute Gasteiger partial charge is 0.421 e. The average Bonchev–Trinajstić information content (AvgIpc) is 3.18. The minimum absolute atomic E-state index is 0.0435. The van der Waals surface area contributed by atoms with Crippen LogP contribution in [0.2, 0.25) is 0 Å². The molecule has 0 fully saturated rings. The summed E-state index contributed by atoms with van der Waals surface area (Å²) in [6.45, 7) is 13.5. The SMILES string of the molecule is C=C/C=C\c1nc(C(=O)c2nnco2)sc1C.CC.CC. The van der Waals surface area contributed by atoms with Crippen LogP contribution in [0.25, 0.3) is 6.08 Å². The zero-order chi connectivity index (χ0) is 16.3. The number of ketones is 1. The van der Waals surface area contributed by atoms with Gasteiger partial charge in [0.1, 0.15) is 0 Å². The molecule has 0 radical (unpaired) electrons. The number of thiazole rings is 1. The summed E-state index contributed by atoms with van der Waals surface area (Å²) >= 11 is 1.30. The van der Waals surface area contributed by atoms with Crippen molar-refractivity contribution < 1.29 is 9.21 Å². The Kier molecular flexibility index (Phi) is 9.62. The number of carbonyl (C=O) groups excluding carboxylic acids is 1. The predicted molar refractivity (Wildman–Crippen MR) is 86.5 cm³/mol. The van der Waals surface area contributed by atoms with Crippen molar-refractivity contribution in [1.82, 2.24) is 15.2 Å². The molecule has 21 heavy (non-hydrogen) atoms. The predicted octanol–water partition coefficient (Wildman–Crippen LogP) is 4.32. The number of nitrogens with zero attached hydrogens (tertiary/aromatic N) is 3. The van der Waals surface area contributed by atoms with E-state index in [0.717, 1.165) is 17.0 Å². The molecule has 6 heteroatoms. The lowest BCUT2D eigenvalue weighted by Gasteiger charge is -1.86. The second-order valence-electron chi connectivity index (χ2n) is 3.13. The van der Waals surface area contributed by atoms with Gasteiger partial charge in [0.05, 0.1) is 5.69 Å². The third-order valence-electron chi connectivity index (χ3n) is 1.97. The van der Waals surface area contributed by atoms with Gasteiger partial charge in [0.15, 0.2) is 5.01 Å². The first-order chi connectivity index (χ1) is 10.2. The highest BCUT2D eigenvalue weighted by Crippen LogP contribution is 2.20. The van der Waals surface area contributed by atoms with Crippen molar-refractivity contribution in [3.05, 3.63) is 46.6 Å². The normalized spacial score (nSPS) is 9.38. The van der Waals surface area contributed by atoms with Crippen molar-refractivity contribution >= 4 is 23.2 Å². The Morgan fingerprint density at radius 2 is 2.00 bits per heavy atom. The first-order valence-electron chi connectivity index (χ1n) is 6.79. The molecule has 0 amide bonds. The summed E-state index contributed by atoms with van der Waals surface area (Å²) < 4.78 is 4.84. The molecule has 0 aliphatic rings. The number of rotatable bonds is 4. The summed E-state index contributed by atoms with van der Waals surface area (Å²) in [5, 5.41) is 7.36. The smallest absolute Gasteiger partial charge is 0.291 e. The molecule has 0 saturated heterocycles. The Morgan fingerprint density at radius 3 is 2.52 bits per heavy atom. The number of hydrogen-bond acceptors (Lipinski definition) is 6. The summed E-state index contributed by atoms with van der Waals surface area (Å²) in [6.07, 6.45) is 6.33. The summed E-state index contributed by atoms with van der Waals surface area (Å²) in [5.74, 6) is -0.396. The number of hydrogen-bond donors (Lipinski definition) is 0. The second-order valence-corrected chi connectivity index (χ2v) is 4.33.